The lowest BCUT2D eigenvalue weighted by Crippen LogP contribution is -2.40. The zero-order chi connectivity index (χ0) is 31.8. The molecule has 9 nitrogen and oxygen atoms in total. The van der Waals surface area contributed by atoms with Gasteiger partial charge in [0.05, 0.1) is 26.3 Å². The SMILES string of the molecule is CC1=C(C(=O)Nc2ccccc2)[C@@H](c2ccc(C(C)C)cc2)n2c(s/c(=C/c3cc(Br)c(Sc4nc(C)cc(=O)[nH]4)o3)c2=O)=N1. The van der Waals surface area contributed by atoms with E-state index in [2.05, 4.69) is 45.1 Å². The highest BCUT2D eigenvalue weighted by molar-refractivity contribution is 9.10. The van der Waals surface area contributed by atoms with Gasteiger partial charge in [-0.1, -0.05) is 67.6 Å². The third-order valence-corrected chi connectivity index (χ3v) is 9.91. The number of furan rings is 1. The highest BCUT2D eigenvalue weighted by Crippen LogP contribution is 2.35. The van der Waals surface area contributed by atoms with Crippen molar-refractivity contribution in [2.75, 3.05) is 5.32 Å². The van der Waals surface area contributed by atoms with Gasteiger partial charge >= 0.3 is 0 Å². The van der Waals surface area contributed by atoms with Gasteiger partial charge in [0, 0.05) is 23.5 Å². The van der Waals surface area contributed by atoms with Gasteiger partial charge in [0.25, 0.3) is 17.0 Å². The minimum atomic E-state index is -0.688. The Hall–Kier alpha value is -4.26. The van der Waals surface area contributed by atoms with Crippen LogP contribution in [0.25, 0.3) is 6.08 Å². The van der Waals surface area contributed by atoms with Gasteiger partial charge in [-0.25, -0.2) is 9.98 Å². The number of amides is 1. The van der Waals surface area contributed by atoms with Crippen LogP contribution in [0.15, 0.2) is 112 Å². The van der Waals surface area contributed by atoms with E-state index in [9.17, 15) is 14.4 Å². The van der Waals surface area contributed by atoms with Crippen molar-refractivity contribution in [2.45, 2.75) is 49.9 Å². The van der Waals surface area contributed by atoms with E-state index in [0.29, 0.717) is 58.4 Å². The fourth-order valence-corrected chi connectivity index (χ4v) is 7.42. The number of allylic oxidation sites excluding steroid dienone is 1. The maximum absolute atomic E-state index is 14.1. The molecule has 3 aromatic heterocycles. The first-order valence-electron chi connectivity index (χ1n) is 14.1. The molecule has 0 radical (unpaired) electrons. The normalized spacial score (nSPS) is 14.9. The summed E-state index contributed by atoms with van der Waals surface area (Å²) in [6.07, 6.45) is 1.66. The van der Waals surface area contributed by atoms with Gasteiger partial charge in [-0.15, -0.1) is 0 Å². The number of hydrogen-bond acceptors (Lipinski definition) is 8. The van der Waals surface area contributed by atoms with Gasteiger partial charge < -0.3 is 14.7 Å². The van der Waals surface area contributed by atoms with E-state index in [1.54, 1.807) is 30.6 Å². The van der Waals surface area contributed by atoms with Crippen molar-refractivity contribution in [3.8, 4) is 0 Å². The Kier molecular flexibility index (Phi) is 8.63. The summed E-state index contributed by atoms with van der Waals surface area (Å²) in [5.74, 6) is 0.436. The van der Waals surface area contributed by atoms with Crippen LogP contribution >= 0.6 is 39.0 Å². The number of para-hydroxylation sites is 1. The summed E-state index contributed by atoms with van der Waals surface area (Å²) in [7, 11) is 0. The van der Waals surface area contributed by atoms with E-state index in [-0.39, 0.29) is 17.0 Å². The first kappa shape index (κ1) is 30.8. The number of fused-ring (bicyclic) bond motifs is 1. The molecule has 0 bridgehead atoms. The van der Waals surface area contributed by atoms with E-state index in [1.807, 2.05) is 54.6 Å². The Morgan fingerprint density at radius 1 is 1.11 bits per heavy atom. The van der Waals surface area contributed by atoms with E-state index >= 15 is 0 Å². The summed E-state index contributed by atoms with van der Waals surface area (Å²) in [4.78, 5) is 52.0. The summed E-state index contributed by atoms with van der Waals surface area (Å²) < 4.78 is 8.67. The van der Waals surface area contributed by atoms with Crippen LogP contribution in [0.1, 0.15) is 55.3 Å². The lowest BCUT2D eigenvalue weighted by molar-refractivity contribution is -0.113. The number of carbonyl (C=O) groups excluding carboxylic acids is 1. The van der Waals surface area contributed by atoms with Gasteiger partial charge in [0.15, 0.2) is 15.1 Å². The van der Waals surface area contributed by atoms with E-state index in [1.165, 1.54) is 17.4 Å². The Labute approximate surface area is 274 Å². The lowest BCUT2D eigenvalue weighted by atomic mass is 9.93. The highest BCUT2D eigenvalue weighted by Gasteiger charge is 2.32. The molecule has 0 fully saturated rings. The molecule has 5 aromatic rings. The third kappa shape index (κ3) is 6.44. The van der Waals surface area contributed by atoms with Crippen molar-refractivity contribution < 1.29 is 9.21 Å². The topological polar surface area (TPSA) is 122 Å². The minimum Gasteiger partial charge on any atom is -0.449 e. The van der Waals surface area contributed by atoms with E-state index in [0.717, 1.165) is 22.9 Å². The molecule has 0 aliphatic carbocycles. The van der Waals surface area contributed by atoms with E-state index < -0.39 is 6.04 Å². The predicted molar refractivity (Wildman–Crippen MR) is 179 cm³/mol. The highest BCUT2D eigenvalue weighted by atomic mass is 79.9. The number of aryl methyl sites for hydroxylation is 1. The van der Waals surface area contributed by atoms with Gasteiger partial charge in [-0.05, 0) is 76.8 Å². The summed E-state index contributed by atoms with van der Waals surface area (Å²) in [5, 5.41) is 3.84. The molecule has 4 heterocycles. The summed E-state index contributed by atoms with van der Waals surface area (Å²) in [6.45, 7) is 7.78. The summed E-state index contributed by atoms with van der Waals surface area (Å²) in [5.41, 5.74) is 3.59. The van der Waals surface area contributed by atoms with Crippen molar-refractivity contribution in [3.05, 3.63) is 135 Å². The molecule has 1 amide bonds. The molecule has 2 N–H and O–H groups in total. The molecule has 0 spiro atoms. The number of aromatic nitrogens is 3. The lowest BCUT2D eigenvalue weighted by Gasteiger charge is -2.25. The number of nitrogens with one attached hydrogen (secondary N) is 2. The molecule has 6 rings (SSSR count). The van der Waals surface area contributed by atoms with Crippen LogP contribution in [0.2, 0.25) is 0 Å². The third-order valence-electron chi connectivity index (χ3n) is 7.20. The standard InChI is InChI=1S/C33H28BrN5O4S2/c1-17(2)20-10-12-21(13-11-20)28-27(29(41)37-22-8-6-5-7-9-22)19(4)36-33-39(28)30(42)25(44-33)16-23-15-24(34)31(43-23)45-32-35-18(3)14-26(40)38-32/h5-17,28H,1-4H3,(H,37,41)(H,35,38,40)/b25-16+/t28-/m1/s1. The average Bonchev–Trinajstić information content (AvgIpc) is 3.49. The molecule has 0 saturated heterocycles. The number of H-pyrrole nitrogens is 1. The number of benzene rings is 2. The first-order chi connectivity index (χ1) is 21.6. The molecule has 45 heavy (non-hydrogen) atoms. The second-order valence-electron chi connectivity index (χ2n) is 10.8. The number of rotatable bonds is 7. The smallest absolute Gasteiger partial charge is 0.271 e. The Morgan fingerprint density at radius 2 is 1.84 bits per heavy atom. The summed E-state index contributed by atoms with van der Waals surface area (Å²) >= 11 is 5.90. The Morgan fingerprint density at radius 3 is 2.53 bits per heavy atom. The number of aromatic amines is 1. The Bertz CT molecular complexity index is 2200. The van der Waals surface area contributed by atoms with Crippen LogP contribution in [0.4, 0.5) is 5.69 Å². The van der Waals surface area contributed by atoms with Gasteiger partial charge in [0.1, 0.15) is 5.76 Å². The number of nitrogens with zero attached hydrogens (tertiary/aromatic N) is 3. The number of thiazole rings is 1. The molecule has 1 aliphatic rings. The van der Waals surface area contributed by atoms with Crippen LogP contribution < -0.4 is 25.8 Å². The average molecular weight is 703 g/mol. The Balaban J connectivity index is 1.43. The van der Waals surface area contributed by atoms with Gasteiger partial charge in [-0.3, -0.25) is 19.0 Å². The van der Waals surface area contributed by atoms with Crippen molar-refractivity contribution >= 4 is 56.7 Å². The monoisotopic (exact) mass is 701 g/mol. The van der Waals surface area contributed by atoms with Crippen LogP contribution in [-0.4, -0.2) is 20.4 Å². The van der Waals surface area contributed by atoms with Gasteiger partial charge in [0.2, 0.25) is 0 Å². The van der Waals surface area contributed by atoms with Crippen LogP contribution in [0, 0.1) is 6.92 Å². The number of hydrogen-bond donors (Lipinski definition) is 2. The van der Waals surface area contributed by atoms with Crippen LogP contribution in [0.5, 0.6) is 0 Å². The molecule has 0 saturated carbocycles. The zero-order valence-electron chi connectivity index (χ0n) is 24.8. The second-order valence-corrected chi connectivity index (χ2v) is 13.6. The predicted octanol–water partition coefficient (Wildman–Crippen LogP) is 5.90. The molecule has 0 unspecified atom stereocenters. The molecule has 1 aliphatic heterocycles. The van der Waals surface area contributed by atoms with Crippen LogP contribution in [0.3, 0.4) is 0 Å². The fourth-order valence-electron chi connectivity index (χ4n) is 5.04. The second kappa shape index (κ2) is 12.6. The first-order valence-corrected chi connectivity index (χ1v) is 16.5. The van der Waals surface area contributed by atoms with Crippen LogP contribution in [-0.2, 0) is 4.79 Å². The molecule has 2 aromatic carbocycles. The zero-order valence-corrected chi connectivity index (χ0v) is 28.0. The van der Waals surface area contributed by atoms with Crippen molar-refractivity contribution in [1.82, 2.24) is 14.5 Å². The molecular formula is C33H28BrN5O4S2. The maximum Gasteiger partial charge on any atom is 0.271 e. The number of carbonyl (C=O) groups is 1. The van der Waals surface area contributed by atoms with Crippen molar-refractivity contribution in [1.29, 1.82) is 0 Å². The molecular weight excluding hydrogens is 674 g/mol. The summed E-state index contributed by atoms with van der Waals surface area (Å²) in [6, 6.07) is 19.7. The van der Waals surface area contributed by atoms with Crippen molar-refractivity contribution in [3.63, 3.8) is 0 Å². The number of halogens is 1. The quantitative estimate of drug-likeness (QED) is 0.204. The molecule has 1 atom stereocenters. The van der Waals surface area contributed by atoms with Gasteiger partial charge in [-0.2, -0.15) is 0 Å². The van der Waals surface area contributed by atoms with E-state index in [4.69, 9.17) is 9.41 Å². The number of anilines is 1. The van der Waals surface area contributed by atoms with Crippen molar-refractivity contribution in [2.24, 2.45) is 4.99 Å². The minimum absolute atomic E-state index is 0.255. The fraction of sp³-hybridized carbons (Fsp3) is 0.182. The largest absolute Gasteiger partial charge is 0.449 e. The molecule has 228 valence electrons. The maximum atomic E-state index is 14.1. The molecule has 12 heteroatoms.